The molecule has 0 saturated heterocycles. The van der Waals surface area contributed by atoms with Gasteiger partial charge in [0.2, 0.25) is 0 Å². The van der Waals surface area contributed by atoms with Gasteiger partial charge in [0.05, 0.1) is 9.40 Å². The summed E-state index contributed by atoms with van der Waals surface area (Å²) in [4.78, 5) is 10.5. The molecule has 2 aromatic rings. The van der Waals surface area contributed by atoms with Crippen LogP contribution in [-0.2, 0) is 6.54 Å². The van der Waals surface area contributed by atoms with Crippen LogP contribution in [0.25, 0.3) is 0 Å². The summed E-state index contributed by atoms with van der Waals surface area (Å²) in [7, 11) is 0. The smallest absolute Gasteiger partial charge is 0.272 e. The Hall–Kier alpha value is -1.95. The highest BCUT2D eigenvalue weighted by molar-refractivity contribution is 9.10. The standard InChI is InChI=1S/C14H12BrFN2O2/c1-9-10(3-2-4-14(9)18(19)20)8-17-11-5-6-12(15)13(16)7-11/h2-7,17H,8H2,1H3. The van der Waals surface area contributed by atoms with Gasteiger partial charge < -0.3 is 5.32 Å². The van der Waals surface area contributed by atoms with Crippen LogP contribution in [0.1, 0.15) is 11.1 Å². The van der Waals surface area contributed by atoms with Crippen molar-refractivity contribution in [3.63, 3.8) is 0 Å². The van der Waals surface area contributed by atoms with Gasteiger partial charge >= 0.3 is 0 Å². The van der Waals surface area contributed by atoms with E-state index in [0.717, 1.165) is 5.56 Å². The van der Waals surface area contributed by atoms with Crippen LogP contribution in [0.3, 0.4) is 0 Å². The number of hydrogen-bond acceptors (Lipinski definition) is 3. The van der Waals surface area contributed by atoms with Gasteiger partial charge in [-0.15, -0.1) is 0 Å². The average Bonchev–Trinajstić information content (AvgIpc) is 2.41. The monoisotopic (exact) mass is 338 g/mol. The van der Waals surface area contributed by atoms with Crippen molar-refractivity contribution in [2.24, 2.45) is 0 Å². The summed E-state index contributed by atoms with van der Waals surface area (Å²) in [6.45, 7) is 2.10. The van der Waals surface area contributed by atoms with Crippen molar-refractivity contribution in [1.82, 2.24) is 0 Å². The predicted molar refractivity (Wildman–Crippen MR) is 79.3 cm³/mol. The third-order valence-electron chi connectivity index (χ3n) is 3.02. The SMILES string of the molecule is Cc1c(CNc2ccc(Br)c(F)c2)cccc1[N+](=O)[O-]. The van der Waals surface area contributed by atoms with Crippen LogP contribution in [0.2, 0.25) is 0 Å². The van der Waals surface area contributed by atoms with E-state index >= 15 is 0 Å². The molecule has 2 rings (SSSR count). The molecule has 0 atom stereocenters. The summed E-state index contributed by atoms with van der Waals surface area (Å²) < 4.78 is 13.8. The molecule has 0 fully saturated rings. The van der Waals surface area contributed by atoms with Crippen molar-refractivity contribution < 1.29 is 9.31 Å². The minimum atomic E-state index is -0.405. The minimum Gasteiger partial charge on any atom is -0.381 e. The van der Waals surface area contributed by atoms with Crippen molar-refractivity contribution in [2.45, 2.75) is 13.5 Å². The quantitative estimate of drug-likeness (QED) is 0.663. The Morgan fingerprint density at radius 1 is 1.35 bits per heavy atom. The molecule has 0 aliphatic rings. The van der Waals surface area contributed by atoms with E-state index in [1.54, 1.807) is 25.1 Å². The normalized spacial score (nSPS) is 10.3. The summed E-state index contributed by atoms with van der Waals surface area (Å²) in [6.07, 6.45) is 0. The zero-order valence-electron chi connectivity index (χ0n) is 10.7. The van der Waals surface area contributed by atoms with E-state index in [-0.39, 0.29) is 11.5 Å². The van der Waals surface area contributed by atoms with Crippen molar-refractivity contribution in [1.29, 1.82) is 0 Å². The number of nitrogens with zero attached hydrogens (tertiary/aromatic N) is 1. The minimum absolute atomic E-state index is 0.0892. The lowest BCUT2D eigenvalue weighted by atomic mass is 10.1. The maximum Gasteiger partial charge on any atom is 0.272 e. The number of nitro benzene ring substituents is 1. The van der Waals surface area contributed by atoms with Gasteiger partial charge in [0.15, 0.2) is 0 Å². The molecule has 4 nitrogen and oxygen atoms in total. The third kappa shape index (κ3) is 3.14. The second-order valence-electron chi connectivity index (χ2n) is 4.30. The van der Waals surface area contributed by atoms with E-state index in [1.165, 1.54) is 12.1 Å². The summed E-state index contributed by atoms with van der Waals surface area (Å²) in [5, 5.41) is 13.9. The molecular formula is C14H12BrFN2O2. The first kappa shape index (κ1) is 14.5. The van der Waals surface area contributed by atoms with E-state index < -0.39 is 4.92 Å². The number of benzene rings is 2. The second kappa shape index (κ2) is 6.00. The summed E-state index contributed by atoms with van der Waals surface area (Å²) in [5.74, 6) is -0.356. The fraction of sp³-hybridized carbons (Fsp3) is 0.143. The number of nitro groups is 1. The lowest BCUT2D eigenvalue weighted by Gasteiger charge is -2.09. The summed E-state index contributed by atoms with van der Waals surface area (Å²) in [5.41, 5.74) is 2.13. The predicted octanol–water partition coefficient (Wildman–Crippen LogP) is 4.42. The van der Waals surface area contributed by atoms with Crippen LogP contribution in [0.5, 0.6) is 0 Å². The number of halogens is 2. The van der Waals surface area contributed by atoms with Crippen LogP contribution in [0, 0.1) is 22.9 Å². The van der Waals surface area contributed by atoms with Crippen LogP contribution >= 0.6 is 15.9 Å². The first-order valence-electron chi connectivity index (χ1n) is 5.91. The van der Waals surface area contributed by atoms with E-state index in [2.05, 4.69) is 21.2 Å². The van der Waals surface area contributed by atoms with E-state index in [1.807, 2.05) is 6.07 Å². The molecule has 0 saturated carbocycles. The Balaban J connectivity index is 2.17. The molecule has 0 radical (unpaired) electrons. The van der Waals surface area contributed by atoms with E-state index in [9.17, 15) is 14.5 Å². The average molecular weight is 339 g/mol. The molecule has 0 aromatic heterocycles. The third-order valence-corrected chi connectivity index (χ3v) is 3.66. The molecule has 0 unspecified atom stereocenters. The van der Waals surface area contributed by atoms with Crippen molar-refractivity contribution >= 4 is 27.3 Å². The molecule has 20 heavy (non-hydrogen) atoms. The number of anilines is 1. The van der Waals surface area contributed by atoms with Gasteiger partial charge in [-0.3, -0.25) is 10.1 Å². The molecule has 104 valence electrons. The first-order valence-corrected chi connectivity index (χ1v) is 6.70. The fourth-order valence-electron chi connectivity index (χ4n) is 1.86. The highest BCUT2D eigenvalue weighted by Crippen LogP contribution is 2.23. The van der Waals surface area contributed by atoms with Gasteiger partial charge in [-0.2, -0.15) is 0 Å². The van der Waals surface area contributed by atoms with Crippen LogP contribution in [-0.4, -0.2) is 4.92 Å². The summed E-state index contributed by atoms with van der Waals surface area (Å²) >= 11 is 3.08. The highest BCUT2D eigenvalue weighted by Gasteiger charge is 2.12. The Bertz CT molecular complexity index is 662. The number of rotatable bonds is 4. The molecule has 2 aromatic carbocycles. The molecule has 0 aliphatic carbocycles. The molecule has 6 heteroatoms. The lowest BCUT2D eigenvalue weighted by Crippen LogP contribution is -2.03. The largest absolute Gasteiger partial charge is 0.381 e. The molecule has 0 bridgehead atoms. The molecular weight excluding hydrogens is 327 g/mol. The maximum absolute atomic E-state index is 13.4. The van der Waals surface area contributed by atoms with Crippen molar-refractivity contribution in [3.05, 3.63) is 67.9 Å². The fourth-order valence-corrected chi connectivity index (χ4v) is 2.11. The second-order valence-corrected chi connectivity index (χ2v) is 5.16. The van der Waals surface area contributed by atoms with Crippen molar-refractivity contribution in [2.75, 3.05) is 5.32 Å². The molecule has 0 heterocycles. The molecule has 0 amide bonds. The zero-order chi connectivity index (χ0) is 14.7. The van der Waals surface area contributed by atoms with Crippen LogP contribution < -0.4 is 5.32 Å². The molecule has 1 N–H and O–H groups in total. The van der Waals surface area contributed by atoms with Gasteiger partial charge in [-0.25, -0.2) is 4.39 Å². The Labute approximate surface area is 123 Å². The maximum atomic E-state index is 13.4. The van der Waals surface area contributed by atoms with Crippen molar-refractivity contribution in [3.8, 4) is 0 Å². The Kier molecular flexibility index (Phi) is 4.34. The Morgan fingerprint density at radius 3 is 2.75 bits per heavy atom. The highest BCUT2D eigenvalue weighted by atomic mass is 79.9. The lowest BCUT2D eigenvalue weighted by molar-refractivity contribution is -0.385. The zero-order valence-corrected chi connectivity index (χ0v) is 12.3. The number of hydrogen-bond donors (Lipinski definition) is 1. The van der Waals surface area contributed by atoms with Gasteiger partial charge in [-0.05, 0) is 46.6 Å². The van der Waals surface area contributed by atoms with Crippen LogP contribution in [0.4, 0.5) is 15.8 Å². The summed E-state index contributed by atoms with van der Waals surface area (Å²) in [6, 6.07) is 9.64. The molecule has 0 aliphatic heterocycles. The first-order chi connectivity index (χ1) is 9.49. The van der Waals surface area contributed by atoms with Gasteiger partial charge in [0.25, 0.3) is 5.69 Å². The number of nitrogens with one attached hydrogen (secondary N) is 1. The van der Waals surface area contributed by atoms with Gasteiger partial charge in [0, 0.05) is 23.9 Å². The van der Waals surface area contributed by atoms with Crippen LogP contribution in [0.15, 0.2) is 40.9 Å². The Morgan fingerprint density at radius 2 is 2.10 bits per heavy atom. The van der Waals surface area contributed by atoms with E-state index in [0.29, 0.717) is 22.3 Å². The molecule has 0 spiro atoms. The topological polar surface area (TPSA) is 55.2 Å². The van der Waals surface area contributed by atoms with Gasteiger partial charge in [0.1, 0.15) is 5.82 Å². The van der Waals surface area contributed by atoms with Gasteiger partial charge in [-0.1, -0.05) is 12.1 Å². The van der Waals surface area contributed by atoms with E-state index in [4.69, 9.17) is 0 Å².